The Balaban J connectivity index is 1.84. The molecule has 0 heteroatoms. The standard InChI is InChI=1S/C25H28/c1-4-7-24-18-23(16-21-10-5-8-19(2)14-21)12-13-25(24)17-22-11-6-9-20(3)15-22/h5-6,8-15,18H,4,7,16-17H2,1-3H3. The molecule has 25 heavy (non-hydrogen) atoms. The second kappa shape index (κ2) is 8.16. The Morgan fingerprint density at radius 1 is 0.600 bits per heavy atom. The van der Waals surface area contributed by atoms with Gasteiger partial charge in [-0.15, -0.1) is 0 Å². The molecule has 0 aliphatic heterocycles. The van der Waals surface area contributed by atoms with Crippen LogP contribution in [0.25, 0.3) is 0 Å². The largest absolute Gasteiger partial charge is 0.0651 e. The van der Waals surface area contributed by atoms with Crippen LogP contribution < -0.4 is 0 Å². The van der Waals surface area contributed by atoms with E-state index in [9.17, 15) is 0 Å². The van der Waals surface area contributed by atoms with Crippen LogP contribution in [0.3, 0.4) is 0 Å². The topological polar surface area (TPSA) is 0 Å². The first-order valence-electron chi connectivity index (χ1n) is 9.36. The molecular formula is C25H28. The zero-order valence-corrected chi connectivity index (χ0v) is 15.7. The fourth-order valence-electron chi connectivity index (χ4n) is 3.56. The van der Waals surface area contributed by atoms with Crippen LogP contribution in [0.1, 0.15) is 52.3 Å². The first-order chi connectivity index (χ1) is 12.1. The SMILES string of the molecule is CCCc1cc(Cc2cccc(C)c2)ccc1Cc1cccc(C)c1. The van der Waals surface area contributed by atoms with Crippen LogP contribution in [0.2, 0.25) is 0 Å². The number of hydrogen-bond donors (Lipinski definition) is 0. The van der Waals surface area contributed by atoms with Gasteiger partial charge in [-0.25, -0.2) is 0 Å². The van der Waals surface area contributed by atoms with Crippen LogP contribution in [0.4, 0.5) is 0 Å². The molecule has 0 saturated carbocycles. The third-order valence-electron chi connectivity index (χ3n) is 4.76. The van der Waals surface area contributed by atoms with Crippen molar-refractivity contribution in [1.82, 2.24) is 0 Å². The van der Waals surface area contributed by atoms with E-state index >= 15 is 0 Å². The van der Waals surface area contributed by atoms with E-state index in [1.54, 1.807) is 0 Å². The summed E-state index contributed by atoms with van der Waals surface area (Å²) in [6, 6.07) is 24.8. The average molecular weight is 328 g/mol. The summed E-state index contributed by atoms with van der Waals surface area (Å²) >= 11 is 0. The molecule has 0 nitrogen and oxygen atoms in total. The molecule has 3 aromatic carbocycles. The molecule has 0 atom stereocenters. The molecule has 0 saturated heterocycles. The Hall–Kier alpha value is -2.34. The molecule has 0 spiro atoms. The highest BCUT2D eigenvalue weighted by atomic mass is 14.1. The van der Waals surface area contributed by atoms with E-state index in [1.807, 2.05) is 0 Å². The minimum absolute atomic E-state index is 1.02. The number of rotatable bonds is 6. The summed E-state index contributed by atoms with van der Waals surface area (Å²) < 4.78 is 0. The van der Waals surface area contributed by atoms with Gasteiger partial charge in [-0.05, 0) is 60.9 Å². The highest BCUT2D eigenvalue weighted by Gasteiger charge is 2.06. The fourth-order valence-corrected chi connectivity index (χ4v) is 3.56. The third kappa shape index (κ3) is 4.82. The maximum Gasteiger partial charge on any atom is -0.00229 e. The maximum absolute atomic E-state index is 2.43. The molecule has 0 heterocycles. The monoisotopic (exact) mass is 328 g/mol. The van der Waals surface area contributed by atoms with Crippen molar-refractivity contribution in [3.63, 3.8) is 0 Å². The second-order valence-electron chi connectivity index (χ2n) is 7.18. The Kier molecular flexibility index (Phi) is 5.71. The number of benzene rings is 3. The minimum atomic E-state index is 1.02. The zero-order valence-electron chi connectivity index (χ0n) is 15.7. The van der Waals surface area contributed by atoms with Gasteiger partial charge in [-0.1, -0.05) is 91.2 Å². The first kappa shape index (κ1) is 17.5. The van der Waals surface area contributed by atoms with Crippen LogP contribution in [-0.4, -0.2) is 0 Å². The van der Waals surface area contributed by atoms with Gasteiger partial charge in [0.15, 0.2) is 0 Å². The van der Waals surface area contributed by atoms with Crippen molar-refractivity contribution in [3.8, 4) is 0 Å². The average Bonchev–Trinajstić information content (AvgIpc) is 2.58. The lowest BCUT2D eigenvalue weighted by Gasteiger charge is -2.13. The Morgan fingerprint density at radius 2 is 1.20 bits per heavy atom. The highest BCUT2D eigenvalue weighted by Crippen LogP contribution is 2.21. The van der Waals surface area contributed by atoms with E-state index in [-0.39, 0.29) is 0 Å². The van der Waals surface area contributed by atoms with Gasteiger partial charge in [-0.2, -0.15) is 0 Å². The Labute approximate surface area is 152 Å². The Bertz CT molecular complexity index is 842. The molecular weight excluding hydrogens is 300 g/mol. The van der Waals surface area contributed by atoms with Crippen molar-refractivity contribution in [3.05, 3.63) is 106 Å². The molecule has 0 aromatic heterocycles. The number of hydrogen-bond acceptors (Lipinski definition) is 0. The summed E-state index contributed by atoms with van der Waals surface area (Å²) in [6.45, 7) is 6.60. The predicted molar refractivity (Wildman–Crippen MR) is 108 cm³/mol. The minimum Gasteiger partial charge on any atom is -0.0651 e. The van der Waals surface area contributed by atoms with E-state index in [1.165, 1.54) is 45.4 Å². The second-order valence-corrected chi connectivity index (χ2v) is 7.18. The van der Waals surface area contributed by atoms with Crippen LogP contribution >= 0.6 is 0 Å². The molecule has 0 bridgehead atoms. The van der Waals surface area contributed by atoms with Crippen molar-refractivity contribution < 1.29 is 0 Å². The molecule has 0 radical (unpaired) electrons. The lowest BCUT2D eigenvalue weighted by molar-refractivity contribution is 0.899. The smallest absolute Gasteiger partial charge is 0.00229 e. The lowest BCUT2D eigenvalue weighted by atomic mass is 9.93. The summed E-state index contributed by atoms with van der Waals surface area (Å²) in [4.78, 5) is 0. The normalized spacial score (nSPS) is 10.8. The molecule has 0 unspecified atom stereocenters. The zero-order chi connectivity index (χ0) is 17.6. The molecule has 0 amide bonds. The van der Waals surface area contributed by atoms with Crippen LogP contribution in [0.15, 0.2) is 66.7 Å². The molecule has 128 valence electrons. The molecule has 3 aromatic rings. The van der Waals surface area contributed by atoms with Crippen LogP contribution in [0, 0.1) is 13.8 Å². The fraction of sp³-hybridized carbons (Fsp3) is 0.280. The predicted octanol–water partition coefficient (Wildman–Crippen LogP) is 6.44. The summed E-state index contributed by atoms with van der Waals surface area (Å²) in [5, 5.41) is 0. The van der Waals surface area contributed by atoms with Crippen molar-refractivity contribution in [2.75, 3.05) is 0 Å². The molecule has 3 rings (SSSR count). The van der Waals surface area contributed by atoms with Crippen LogP contribution in [0.5, 0.6) is 0 Å². The molecule has 0 aliphatic rings. The van der Waals surface area contributed by atoms with Gasteiger partial charge in [0.25, 0.3) is 0 Å². The van der Waals surface area contributed by atoms with Gasteiger partial charge in [-0.3, -0.25) is 0 Å². The number of aryl methyl sites for hydroxylation is 3. The van der Waals surface area contributed by atoms with Gasteiger partial charge < -0.3 is 0 Å². The van der Waals surface area contributed by atoms with E-state index in [0.717, 1.165) is 19.3 Å². The third-order valence-corrected chi connectivity index (χ3v) is 4.76. The highest BCUT2D eigenvalue weighted by molar-refractivity contribution is 5.39. The van der Waals surface area contributed by atoms with E-state index in [2.05, 4.69) is 87.5 Å². The Morgan fingerprint density at radius 3 is 1.80 bits per heavy atom. The first-order valence-corrected chi connectivity index (χ1v) is 9.36. The quantitative estimate of drug-likeness (QED) is 0.488. The van der Waals surface area contributed by atoms with Gasteiger partial charge >= 0.3 is 0 Å². The summed E-state index contributed by atoms with van der Waals surface area (Å²) in [7, 11) is 0. The maximum atomic E-state index is 2.43. The van der Waals surface area contributed by atoms with Crippen LogP contribution in [-0.2, 0) is 19.3 Å². The summed E-state index contributed by atoms with van der Waals surface area (Å²) in [5.41, 5.74) is 9.88. The van der Waals surface area contributed by atoms with Crippen molar-refractivity contribution >= 4 is 0 Å². The summed E-state index contributed by atoms with van der Waals surface area (Å²) in [6.07, 6.45) is 4.39. The molecule has 0 aliphatic carbocycles. The lowest BCUT2D eigenvalue weighted by Crippen LogP contribution is -1.99. The molecule has 0 fully saturated rings. The van der Waals surface area contributed by atoms with Gasteiger partial charge in [0.05, 0.1) is 0 Å². The van der Waals surface area contributed by atoms with E-state index in [4.69, 9.17) is 0 Å². The van der Waals surface area contributed by atoms with Crippen molar-refractivity contribution in [2.24, 2.45) is 0 Å². The summed E-state index contributed by atoms with van der Waals surface area (Å²) in [5.74, 6) is 0. The van der Waals surface area contributed by atoms with E-state index < -0.39 is 0 Å². The van der Waals surface area contributed by atoms with Crippen molar-refractivity contribution in [1.29, 1.82) is 0 Å². The van der Waals surface area contributed by atoms with Crippen molar-refractivity contribution in [2.45, 2.75) is 46.5 Å². The van der Waals surface area contributed by atoms with E-state index in [0.29, 0.717) is 0 Å². The van der Waals surface area contributed by atoms with Gasteiger partial charge in [0.1, 0.15) is 0 Å². The van der Waals surface area contributed by atoms with Gasteiger partial charge in [0.2, 0.25) is 0 Å². The van der Waals surface area contributed by atoms with Gasteiger partial charge in [0, 0.05) is 0 Å². The molecule has 0 N–H and O–H groups in total.